The Morgan fingerprint density at radius 3 is 2.56 bits per heavy atom. The van der Waals surface area contributed by atoms with E-state index >= 15 is 0 Å². The highest BCUT2D eigenvalue weighted by Crippen LogP contribution is 2.59. The number of fused-ring (bicyclic) bond motifs is 1. The summed E-state index contributed by atoms with van der Waals surface area (Å²) in [6.07, 6.45) is 0.236. The second kappa shape index (κ2) is 1.19. The summed E-state index contributed by atoms with van der Waals surface area (Å²) in [5.74, 6) is -1.25. The van der Waals surface area contributed by atoms with E-state index in [1.165, 1.54) is 0 Å². The van der Waals surface area contributed by atoms with Crippen molar-refractivity contribution in [1.29, 1.82) is 0 Å². The molecule has 3 atom stereocenters. The van der Waals surface area contributed by atoms with Gasteiger partial charge in [0.25, 0.3) is 0 Å². The molecule has 0 bridgehead atoms. The summed E-state index contributed by atoms with van der Waals surface area (Å²) in [5.41, 5.74) is -1.76. The van der Waals surface area contributed by atoms with Crippen LogP contribution < -0.4 is 0 Å². The predicted molar refractivity (Wildman–Crippen MR) is 27.1 cm³/mol. The Kier molecular flexibility index (Phi) is 0.706. The fourth-order valence-corrected chi connectivity index (χ4v) is 1.33. The van der Waals surface area contributed by atoms with Crippen molar-refractivity contribution < 1.29 is 13.9 Å². The van der Waals surface area contributed by atoms with Gasteiger partial charge in [-0.05, 0) is 12.5 Å². The van der Waals surface area contributed by atoms with Gasteiger partial charge >= 0.3 is 0 Å². The van der Waals surface area contributed by atoms with Crippen molar-refractivity contribution in [3.05, 3.63) is 11.9 Å². The Hall–Kier alpha value is -0.440. The first-order valence-corrected chi connectivity index (χ1v) is 2.89. The lowest BCUT2D eigenvalue weighted by Crippen LogP contribution is -2.04. The Balaban J connectivity index is 2.33. The average molecular weight is 132 g/mol. The molecule has 2 rings (SSSR count). The third kappa shape index (κ3) is 0.459. The number of alkyl halides is 1. The van der Waals surface area contributed by atoms with Crippen molar-refractivity contribution in [3.63, 3.8) is 0 Å². The van der Waals surface area contributed by atoms with Crippen LogP contribution in [0.4, 0.5) is 8.78 Å². The molecule has 2 aliphatic carbocycles. The molecule has 0 aromatic carbocycles. The number of aliphatic hydroxyl groups is 1. The maximum atomic E-state index is 12.7. The first-order valence-electron chi connectivity index (χ1n) is 2.89. The van der Waals surface area contributed by atoms with Crippen LogP contribution in [0.2, 0.25) is 0 Å². The molecular weight excluding hydrogens is 126 g/mol. The summed E-state index contributed by atoms with van der Waals surface area (Å²) in [6.45, 7) is 0. The average Bonchev–Trinajstić information content (AvgIpc) is 2.38. The number of allylic oxidation sites excluding steroid dienone is 1. The van der Waals surface area contributed by atoms with Gasteiger partial charge in [0.2, 0.25) is 0 Å². The highest BCUT2D eigenvalue weighted by atomic mass is 19.2. The summed E-state index contributed by atoms with van der Waals surface area (Å²) in [7, 11) is 0. The molecule has 0 aromatic heterocycles. The SMILES string of the molecule is OC1C=C(F)C2(F)C[C@@H]12. The predicted octanol–water partition coefficient (Wildman–Crippen LogP) is 0.942. The number of rotatable bonds is 0. The smallest absolute Gasteiger partial charge is 0.168 e. The molecule has 1 saturated carbocycles. The molecule has 1 nitrogen and oxygen atoms in total. The monoisotopic (exact) mass is 132 g/mol. The van der Waals surface area contributed by atoms with Crippen LogP contribution in [-0.4, -0.2) is 16.9 Å². The molecule has 0 radical (unpaired) electrons. The zero-order chi connectivity index (χ0) is 6.65. The molecule has 0 aromatic rings. The highest BCUT2D eigenvalue weighted by molar-refractivity contribution is 5.33. The van der Waals surface area contributed by atoms with E-state index in [9.17, 15) is 8.78 Å². The standard InChI is InChI=1S/C6H6F2O/c7-5-1-4(9)3-2-6(3,5)8/h1,3-4,9H,2H2/t3-,4?,6?/m0/s1. The minimum absolute atomic E-state index is 0.163. The van der Waals surface area contributed by atoms with Crippen LogP contribution in [0.15, 0.2) is 11.9 Å². The number of hydrogen-bond acceptors (Lipinski definition) is 1. The second-order valence-corrected chi connectivity index (χ2v) is 2.68. The van der Waals surface area contributed by atoms with Gasteiger partial charge in [0.1, 0.15) is 5.83 Å². The largest absolute Gasteiger partial charge is 0.389 e. The van der Waals surface area contributed by atoms with E-state index in [2.05, 4.69) is 0 Å². The normalized spacial score (nSPS) is 54.8. The van der Waals surface area contributed by atoms with E-state index in [0.29, 0.717) is 0 Å². The van der Waals surface area contributed by atoms with Gasteiger partial charge < -0.3 is 5.11 Å². The lowest BCUT2D eigenvalue weighted by molar-refractivity contribution is 0.184. The maximum Gasteiger partial charge on any atom is 0.168 e. The Morgan fingerprint density at radius 1 is 1.78 bits per heavy atom. The molecular formula is C6H6F2O. The van der Waals surface area contributed by atoms with Gasteiger partial charge in [-0.1, -0.05) is 0 Å². The topological polar surface area (TPSA) is 20.2 Å². The van der Waals surface area contributed by atoms with Crippen molar-refractivity contribution in [2.45, 2.75) is 18.2 Å². The molecule has 3 heteroatoms. The van der Waals surface area contributed by atoms with Crippen molar-refractivity contribution in [2.75, 3.05) is 0 Å². The van der Waals surface area contributed by atoms with Crippen LogP contribution in [0.5, 0.6) is 0 Å². The van der Waals surface area contributed by atoms with E-state index in [4.69, 9.17) is 5.11 Å². The summed E-state index contributed by atoms with van der Waals surface area (Å²) in [4.78, 5) is 0. The van der Waals surface area contributed by atoms with Crippen molar-refractivity contribution in [3.8, 4) is 0 Å². The molecule has 0 saturated heterocycles. The quantitative estimate of drug-likeness (QED) is 0.520. The first kappa shape index (κ1) is 5.35. The molecule has 50 valence electrons. The number of aliphatic hydroxyl groups excluding tert-OH is 1. The minimum atomic E-state index is -1.76. The third-order valence-electron chi connectivity index (χ3n) is 2.07. The van der Waals surface area contributed by atoms with E-state index < -0.39 is 23.5 Å². The minimum Gasteiger partial charge on any atom is -0.389 e. The summed E-state index contributed by atoms with van der Waals surface area (Å²) in [6, 6.07) is 0. The molecule has 2 aliphatic rings. The molecule has 1 fully saturated rings. The van der Waals surface area contributed by atoms with Crippen LogP contribution >= 0.6 is 0 Å². The van der Waals surface area contributed by atoms with Crippen LogP contribution in [0.25, 0.3) is 0 Å². The van der Waals surface area contributed by atoms with Crippen LogP contribution in [0, 0.1) is 5.92 Å². The maximum absolute atomic E-state index is 12.7. The molecule has 0 aliphatic heterocycles. The van der Waals surface area contributed by atoms with E-state index in [1.54, 1.807) is 0 Å². The van der Waals surface area contributed by atoms with Gasteiger partial charge in [0.05, 0.1) is 6.10 Å². The van der Waals surface area contributed by atoms with Crippen LogP contribution in [0.3, 0.4) is 0 Å². The Morgan fingerprint density at radius 2 is 2.44 bits per heavy atom. The van der Waals surface area contributed by atoms with Gasteiger partial charge in [0.15, 0.2) is 5.67 Å². The Bertz CT molecular complexity index is 189. The van der Waals surface area contributed by atoms with Crippen molar-refractivity contribution >= 4 is 0 Å². The zero-order valence-electron chi connectivity index (χ0n) is 4.64. The van der Waals surface area contributed by atoms with Crippen molar-refractivity contribution in [2.24, 2.45) is 5.92 Å². The zero-order valence-corrected chi connectivity index (χ0v) is 4.64. The molecule has 0 spiro atoms. The van der Waals surface area contributed by atoms with Gasteiger partial charge in [-0.15, -0.1) is 0 Å². The van der Waals surface area contributed by atoms with E-state index in [0.717, 1.165) is 6.08 Å². The lowest BCUT2D eigenvalue weighted by atomic mass is 10.3. The summed E-state index contributed by atoms with van der Waals surface area (Å²) in [5, 5.41) is 8.82. The summed E-state index contributed by atoms with van der Waals surface area (Å²) >= 11 is 0. The molecule has 2 unspecified atom stereocenters. The van der Waals surface area contributed by atoms with E-state index in [1.807, 2.05) is 0 Å². The van der Waals surface area contributed by atoms with Crippen LogP contribution in [0.1, 0.15) is 6.42 Å². The molecule has 9 heavy (non-hydrogen) atoms. The fourth-order valence-electron chi connectivity index (χ4n) is 1.33. The fraction of sp³-hybridized carbons (Fsp3) is 0.667. The van der Waals surface area contributed by atoms with Gasteiger partial charge in [-0.3, -0.25) is 0 Å². The van der Waals surface area contributed by atoms with Gasteiger partial charge in [0, 0.05) is 5.92 Å². The first-order chi connectivity index (χ1) is 4.14. The van der Waals surface area contributed by atoms with Gasteiger partial charge in [-0.2, -0.15) is 0 Å². The summed E-state index contributed by atoms with van der Waals surface area (Å²) < 4.78 is 25.0. The second-order valence-electron chi connectivity index (χ2n) is 2.68. The Labute approximate surface area is 51.0 Å². The van der Waals surface area contributed by atoms with E-state index in [-0.39, 0.29) is 6.42 Å². The van der Waals surface area contributed by atoms with Gasteiger partial charge in [-0.25, -0.2) is 8.78 Å². The molecule has 1 N–H and O–H groups in total. The molecule has 0 amide bonds. The van der Waals surface area contributed by atoms with Crippen LogP contribution in [-0.2, 0) is 0 Å². The number of halogens is 2. The third-order valence-corrected chi connectivity index (χ3v) is 2.07. The lowest BCUT2D eigenvalue weighted by Gasteiger charge is -1.93. The van der Waals surface area contributed by atoms with Crippen molar-refractivity contribution in [1.82, 2.24) is 0 Å². The highest BCUT2D eigenvalue weighted by Gasteiger charge is 2.65. The number of hydrogen-bond donors (Lipinski definition) is 1. The molecule has 0 heterocycles.